The maximum Gasteiger partial charge on any atom is 0.230 e. The number of rotatable bonds is 10. The van der Waals surface area contributed by atoms with Crippen molar-refractivity contribution in [3.8, 4) is 0 Å². The molecule has 1 aromatic heterocycles. The van der Waals surface area contributed by atoms with Crippen LogP contribution in [0.3, 0.4) is 0 Å². The fourth-order valence-corrected chi connectivity index (χ4v) is 3.91. The number of nitrogens with zero attached hydrogens (tertiary/aromatic N) is 2. The van der Waals surface area contributed by atoms with E-state index in [0.29, 0.717) is 26.2 Å². The van der Waals surface area contributed by atoms with Crippen LogP contribution in [0.1, 0.15) is 36.1 Å². The molecule has 30 heavy (non-hydrogen) atoms. The second-order valence-electron chi connectivity index (χ2n) is 7.38. The lowest BCUT2D eigenvalue weighted by Crippen LogP contribution is -2.37. The van der Waals surface area contributed by atoms with Crippen LogP contribution >= 0.6 is 11.6 Å². The van der Waals surface area contributed by atoms with Gasteiger partial charge >= 0.3 is 0 Å². The Bertz CT molecular complexity index is 939. The molecule has 0 saturated carbocycles. The van der Waals surface area contributed by atoms with Crippen molar-refractivity contribution in [2.24, 2.45) is 0 Å². The lowest BCUT2D eigenvalue weighted by atomic mass is 9.95. The highest BCUT2D eigenvalue weighted by atomic mass is 35.5. The number of aromatic nitrogens is 1. The van der Waals surface area contributed by atoms with Crippen LogP contribution in [0, 0.1) is 0 Å². The van der Waals surface area contributed by atoms with Gasteiger partial charge in [0.25, 0.3) is 0 Å². The zero-order valence-electron chi connectivity index (χ0n) is 17.6. The second kappa shape index (κ2) is 11.0. The molecule has 0 aliphatic rings. The van der Waals surface area contributed by atoms with Gasteiger partial charge in [0.15, 0.2) is 0 Å². The van der Waals surface area contributed by atoms with Gasteiger partial charge in [-0.15, -0.1) is 0 Å². The number of hydrogen-bond donors (Lipinski definition) is 0. The Balaban J connectivity index is 1.80. The van der Waals surface area contributed by atoms with Crippen LogP contribution in [0.25, 0.3) is 0 Å². The molecule has 158 valence electrons. The fourth-order valence-electron chi connectivity index (χ4n) is 3.70. The molecule has 5 heteroatoms. The maximum atomic E-state index is 13.5. The number of carbonyl (C=O) groups is 1. The molecule has 0 bridgehead atoms. The molecule has 4 nitrogen and oxygen atoms in total. The average Bonchev–Trinajstić information content (AvgIpc) is 3.18. The van der Waals surface area contributed by atoms with Crippen LogP contribution in [0.15, 0.2) is 72.9 Å². The van der Waals surface area contributed by atoms with Crippen LogP contribution in [0.2, 0.25) is 5.02 Å². The molecule has 1 amide bonds. The third-order valence-corrected chi connectivity index (χ3v) is 5.54. The summed E-state index contributed by atoms with van der Waals surface area (Å²) >= 11 is 6.14. The van der Waals surface area contributed by atoms with Gasteiger partial charge in [-0.1, -0.05) is 61.0 Å². The van der Waals surface area contributed by atoms with Gasteiger partial charge in [0.1, 0.15) is 0 Å². The van der Waals surface area contributed by atoms with Crippen LogP contribution < -0.4 is 0 Å². The summed E-state index contributed by atoms with van der Waals surface area (Å²) in [6, 6.07) is 22.0. The van der Waals surface area contributed by atoms with E-state index in [9.17, 15) is 4.79 Å². The second-order valence-corrected chi connectivity index (χ2v) is 7.82. The molecule has 1 atom stereocenters. The van der Waals surface area contributed by atoms with Gasteiger partial charge in [-0.25, -0.2) is 0 Å². The van der Waals surface area contributed by atoms with Crippen molar-refractivity contribution in [1.82, 2.24) is 9.47 Å². The number of amides is 1. The zero-order chi connectivity index (χ0) is 21.3. The highest BCUT2D eigenvalue weighted by Crippen LogP contribution is 2.23. The van der Waals surface area contributed by atoms with E-state index in [2.05, 4.69) is 23.6 Å². The van der Waals surface area contributed by atoms with Gasteiger partial charge in [-0.3, -0.25) is 4.79 Å². The first-order valence-corrected chi connectivity index (χ1v) is 10.7. The molecule has 0 aliphatic carbocycles. The topological polar surface area (TPSA) is 34.5 Å². The van der Waals surface area contributed by atoms with E-state index in [0.717, 1.165) is 28.3 Å². The largest absolute Gasteiger partial charge is 0.383 e. The molecular formula is C25H29ClN2O2. The number of hydrogen-bond acceptors (Lipinski definition) is 2. The highest BCUT2D eigenvalue weighted by Gasteiger charge is 2.25. The predicted octanol–water partition coefficient (Wildman–Crippen LogP) is 5.36. The maximum absolute atomic E-state index is 13.5. The summed E-state index contributed by atoms with van der Waals surface area (Å²) in [7, 11) is 1.67. The molecular weight excluding hydrogens is 396 g/mol. The smallest absolute Gasteiger partial charge is 0.230 e. The molecule has 1 unspecified atom stereocenters. The number of halogens is 1. The van der Waals surface area contributed by atoms with E-state index in [1.54, 1.807) is 7.11 Å². The SMILES string of the molecule is CCC(C(=O)N(CCOC)Cc1cccn1Cc1cccc(Cl)c1)c1ccccc1. The molecule has 0 spiro atoms. The molecule has 3 rings (SSSR count). The Labute approximate surface area is 184 Å². The number of methoxy groups -OCH3 is 1. The molecule has 3 aromatic rings. The number of carbonyl (C=O) groups excluding carboxylic acids is 1. The van der Waals surface area contributed by atoms with Crippen molar-refractivity contribution < 1.29 is 9.53 Å². The molecule has 0 fully saturated rings. The van der Waals surface area contributed by atoms with Gasteiger partial charge in [-0.2, -0.15) is 0 Å². The Morgan fingerprint density at radius 3 is 2.60 bits per heavy atom. The Kier molecular flexibility index (Phi) is 8.12. The van der Waals surface area contributed by atoms with Crippen molar-refractivity contribution in [2.75, 3.05) is 20.3 Å². The normalized spacial score (nSPS) is 12.0. The summed E-state index contributed by atoms with van der Waals surface area (Å²) in [6.07, 6.45) is 2.81. The summed E-state index contributed by atoms with van der Waals surface area (Å²) < 4.78 is 7.45. The van der Waals surface area contributed by atoms with Gasteiger partial charge < -0.3 is 14.2 Å². The third-order valence-electron chi connectivity index (χ3n) is 5.30. The van der Waals surface area contributed by atoms with Crippen LogP contribution in [0.4, 0.5) is 0 Å². The van der Waals surface area contributed by atoms with Gasteiger partial charge in [0.05, 0.1) is 19.1 Å². The summed E-state index contributed by atoms with van der Waals surface area (Å²) in [5.41, 5.74) is 3.27. The summed E-state index contributed by atoms with van der Waals surface area (Å²) in [5.74, 6) is -0.0179. The zero-order valence-corrected chi connectivity index (χ0v) is 18.4. The van der Waals surface area contributed by atoms with Crippen molar-refractivity contribution >= 4 is 17.5 Å². The Morgan fingerprint density at radius 1 is 1.10 bits per heavy atom. The first-order valence-electron chi connectivity index (χ1n) is 10.3. The van der Waals surface area contributed by atoms with E-state index < -0.39 is 0 Å². The lowest BCUT2D eigenvalue weighted by molar-refractivity contribution is -0.134. The molecule has 0 saturated heterocycles. The van der Waals surface area contributed by atoms with Gasteiger partial charge in [-0.05, 0) is 41.8 Å². The summed E-state index contributed by atoms with van der Waals surface area (Å²) in [4.78, 5) is 15.4. The lowest BCUT2D eigenvalue weighted by Gasteiger charge is -2.27. The van der Waals surface area contributed by atoms with Crippen molar-refractivity contribution in [1.29, 1.82) is 0 Å². The minimum Gasteiger partial charge on any atom is -0.383 e. The molecule has 0 radical (unpaired) electrons. The third kappa shape index (κ3) is 5.74. The van der Waals surface area contributed by atoms with Crippen molar-refractivity contribution in [2.45, 2.75) is 32.4 Å². The summed E-state index contributed by atoms with van der Waals surface area (Å²) in [6.45, 7) is 4.38. The summed E-state index contributed by atoms with van der Waals surface area (Å²) in [5, 5.41) is 0.728. The van der Waals surface area contributed by atoms with Crippen molar-refractivity contribution in [3.05, 3.63) is 94.8 Å². The molecule has 1 heterocycles. The first-order chi connectivity index (χ1) is 14.6. The molecule has 0 N–H and O–H groups in total. The Morgan fingerprint density at radius 2 is 1.90 bits per heavy atom. The van der Waals surface area contributed by atoms with E-state index in [1.807, 2.05) is 65.7 Å². The van der Waals surface area contributed by atoms with E-state index in [-0.39, 0.29) is 11.8 Å². The Hall–Kier alpha value is -2.56. The van der Waals surface area contributed by atoms with Crippen LogP contribution in [0.5, 0.6) is 0 Å². The minimum absolute atomic E-state index is 0.135. The van der Waals surface area contributed by atoms with E-state index >= 15 is 0 Å². The van der Waals surface area contributed by atoms with Gasteiger partial charge in [0, 0.05) is 37.1 Å². The van der Waals surface area contributed by atoms with Crippen LogP contribution in [-0.4, -0.2) is 35.6 Å². The number of benzene rings is 2. The van der Waals surface area contributed by atoms with Gasteiger partial charge in [0.2, 0.25) is 5.91 Å². The monoisotopic (exact) mass is 424 g/mol. The molecule has 2 aromatic carbocycles. The minimum atomic E-state index is -0.153. The predicted molar refractivity (Wildman–Crippen MR) is 122 cm³/mol. The fraction of sp³-hybridized carbons (Fsp3) is 0.320. The standard InChI is InChI=1S/C25H29ClN2O2/c1-3-24(21-10-5-4-6-11-21)25(29)28(15-16-30-2)19-23-13-8-14-27(23)18-20-9-7-12-22(26)17-20/h4-14,17,24H,3,15-16,18-19H2,1-2H3. The van der Waals surface area contributed by atoms with Crippen LogP contribution in [-0.2, 0) is 22.6 Å². The quantitative estimate of drug-likeness (QED) is 0.439. The first kappa shape index (κ1) is 22.1. The highest BCUT2D eigenvalue weighted by molar-refractivity contribution is 6.30. The van der Waals surface area contributed by atoms with E-state index in [4.69, 9.17) is 16.3 Å². The van der Waals surface area contributed by atoms with Crippen molar-refractivity contribution in [3.63, 3.8) is 0 Å². The molecule has 0 aliphatic heterocycles. The average molecular weight is 425 g/mol. The number of ether oxygens (including phenoxy) is 1. The van der Waals surface area contributed by atoms with E-state index in [1.165, 1.54) is 0 Å².